The number of nitrogens with zero attached hydrogens (tertiary/aromatic N) is 2. The van der Waals surface area contributed by atoms with Gasteiger partial charge >= 0.3 is 5.97 Å². The highest BCUT2D eigenvalue weighted by Crippen LogP contribution is 2.42. The second kappa shape index (κ2) is 13.6. The molecule has 0 aromatic heterocycles. The molecule has 0 atom stereocenters. The number of hydrogen-bond acceptors (Lipinski definition) is 8. The van der Waals surface area contributed by atoms with E-state index < -0.39 is 17.8 Å². The van der Waals surface area contributed by atoms with Crippen molar-refractivity contribution in [2.75, 3.05) is 32.8 Å². The van der Waals surface area contributed by atoms with Crippen molar-refractivity contribution in [1.82, 2.24) is 9.80 Å². The Balaban J connectivity index is 1.51. The number of aliphatic carboxylic acids is 1. The summed E-state index contributed by atoms with van der Waals surface area (Å²) in [6, 6.07) is 13.7. The van der Waals surface area contributed by atoms with Crippen LogP contribution < -0.4 is 0 Å². The summed E-state index contributed by atoms with van der Waals surface area (Å²) in [6.45, 7) is 2.30. The van der Waals surface area contributed by atoms with E-state index >= 15 is 0 Å². The monoisotopic (exact) mass is 568 g/mol. The lowest BCUT2D eigenvalue weighted by molar-refractivity contribution is -0.138. The number of amides is 3. The van der Waals surface area contributed by atoms with E-state index in [9.17, 15) is 24.0 Å². The minimum atomic E-state index is -0.874. The molecule has 0 spiro atoms. The van der Waals surface area contributed by atoms with Crippen molar-refractivity contribution in [2.24, 2.45) is 0 Å². The highest BCUT2D eigenvalue weighted by Gasteiger charge is 2.39. The molecule has 3 amide bonds. The van der Waals surface area contributed by atoms with Crippen LogP contribution in [-0.4, -0.2) is 77.7 Å². The van der Waals surface area contributed by atoms with Crippen LogP contribution in [0, 0.1) is 0 Å². The number of unbranched alkanes of at least 4 members (excludes halogenated alkanes) is 2. The van der Waals surface area contributed by atoms with Gasteiger partial charge in [0, 0.05) is 47.0 Å². The molecule has 1 N–H and O–H groups in total. The Kier molecular flexibility index (Phi) is 9.96. The summed E-state index contributed by atoms with van der Waals surface area (Å²) in [5, 5.41) is 8.83. The third-order valence-corrected chi connectivity index (χ3v) is 8.52. The summed E-state index contributed by atoms with van der Waals surface area (Å²) in [5.74, 6) is -1.75. The molecule has 204 valence electrons. The van der Waals surface area contributed by atoms with Gasteiger partial charge in [0.15, 0.2) is 0 Å². The van der Waals surface area contributed by atoms with Crippen LogP contribution in [0.1, 0.15) is 46.4 Å². The van der Waals surface area contributed by atoms with E-state index in [1.165, 1.54) is 28.4 Å². The number of carbonyl (C=O) groups excluding carboxylic acids is 4. The lowest BCUT2D eigenvalue weighted by Crippen LogP contribution is -2.40. The zero-order valence-corrected chi connectivity index (χ0v) is 22.8. The molecule has 1 saturated heterocycles. The van der Waals surface area contributed by atoms with Crippen molar-refractivity contribution in [3.8, 4) is 0 Å². The molecule has 2 aliphatic rings. The van der Waals surface area contributed by atoms with Gasteiger partial charge < -0.3 is 14.7 Å². The van der Waals surface area contributed by atoms with Crippen molar-refractivity contribution in [2.45, 2.75) is 35.5 Å². The molecule has 0 aliphatic carbocycles. The Labute approximate surface area is 234 Å². The van der Waals surface area contributed by atoms with Crippen molar-refractivity contribution in [3.63, 3.8) is 0 Å². The van der Waals surface area contributed by atoms with Gasteiger partial charge in [-0.3, -0.25) is 28.9 Å². The molecule has 2 aliphatic heterocycles. The van der Waals surface area contributed by atoms with E-state index in [1.54, 1.807) is 53.4 Å². The molecule has 9 nitrogen and oxygen atoms in total. The fraction of sp³-hybridized carbons (Fsp3) is 0.321. The molecule has 2 aromatic rings. The number of aldehydes is 1. The molecule has 0 radical (unpaired) electrons. The van der Waals surface area contributed by atoms with Gasteiger partial charge in [-0.05, 0) is 49.2 Å². The number of benzene rings is 2. The van der Waals surface area contributed by atoms with Gasteiger partial charge in [0.1, 0.15) is 6.29 Å². The maximum Gasteiger partial charge on any atom is 0.303 e. The summed E-state index contributed by atoms with van der Waals surface area (Å²) >= 11 is 2.34. The number of rotatable bonds is 12. The Morgan fingerprint density at radius 3 is 1.95 bits per heavy atom. The SMILES string of the molecule is O=Cc1ccc(SC2=C(Sc3ccc(C(=O)N4CCOCC4)cc3)C(=O)N(CCCCCC(=O)O)C2=O)cc1. The van der Waals surface area contributed by atoms with Crippen molar-refractivity contribution in [1.29, 1.82) is 0 Å². The Morgan fingerprint density at radius 2 is 1.41 bits per heavy atom. The van der Waals surface area contributed by atoms with Crippen LogP contribution in [-0.2, 0) is 19.1 Å². The lowest BCUT2D eigenvalue weighted by atomic mass is 10.2. The molecule has 0 unspecified atom stereocenters. The summed E-state index contributed by atoms with van der Waals surface area (Å²) in [7, 11) is 0. The number of carboxylic acid groups (broad SMARTS) is 1. The second-order valence-corrected chi connectivity index (χ2v) is 11.1. The second-order valence-electron chi connectivity index (χ2n) is 8.94. The summed E-state index contributed by atoms with van der Waals surface area (Å²) in [4.78, 5) is 66.2. The van der Waals surface area contributed by atoms with E-state index in [2.05, 4.69) is 0 Å². The fourth-order valence-electron chi connectivity index (χ4n) is 4.10. The molecule has 2 aromatic carbocycles. The first-order valence-corrected chi connectivity index (χ1v) is 14.2. The smallest absolute Gasteiger partial charge is 0.303 e. The van der Waals surface area contributed by atoms with Gasteiger partial charge in [-0.25, -0.2) is 0 Å². The fourth-order valence-corrected chi connectivity index (χ4v) is 6.12. The third-order valence-electron chi connectivity index (χ3n) is 6.21. The first kappa shape index (κ1) is 28.6. The topological polar surface area (TPSA) is 121 Å². The number of hydrogen-bond donors (Lipinski definition) is 1. The van der Waals surface area contributed by atoms with Crippen molar-refractivity contribution < 1.29 is 33.8 Å². The number of morpholine rings is 1. The van der Waals surface area contributed by atoms with E-state index in [-0.39, 0.29) is 18.9 Å². The molecule has 1 fully saturated rings. The maximum atomic E-state index is 13.4. The number of carboxylic acids is 1. The summed E-state index contributed by atoms with van der Waals surface area (Å²) in [6.07, 6.45) is 2.34. The van der Waals surface area contributed by atoms with Gasteiger partial charge in [-0.15, -0.1) is 0 Å². The minimum Gasteiger partial charge on any atom is -0.481 e. The number of imide groups is 1. The van der Waals surface area contributed by atoms with E-state index in [4.69, 9.17) is 9.84 Å². The van der Waals surface area contributed by atoms with Crippen LogP contribution in [0.3, 0.4) is 0 Å². The minimum absolute atomic E-state index is 0.0448. The molecule has 4 rings (SSSR count). The van der Waals surface area contributed by atoms with Crippen LogP contribution in [0.15, 0.2) is 68.1 Å². The molecular weight excluding hydrogens is 540 g/mol. The van der Waals surface area contributed by atoms with Crippen LogP contribution in [0.5, 0.6) is 0 Å². The zero-order chi connectivity index (χ0) is 27.8. The maximum absolute atomic E-state index is 13.4. The molecule has 0 saturated carbocycles. The summed E-state index contributed by atoms with van der Waals surface area (Å²) in [5.41, 5.74) is 1.04. The van der Waals surface area contributed by atoms with E-state index in [1.807, 2.05) is 0 Å². The van der Waals surface area contributed by atoms with Gasteiger partial charge in [-0.1, -0.05) is 42.1 Å². The quantitative estimate of drug-likeness (QED) is 0.229. The number of ether oxygens (including phenoxy) is 1. The van der Waals surface area contributed by atoms with Crippen LogP contribution in [0.4, 0.5) is 0 Å². The molecular formula is C28H28N2O7S2. The normalized spacial score (nSPS) is 15.7. The Morgan fingerprint density at radius 1 is 0.846 bits per heavy atom. The van der Waals surface area contributed by atoms with Gasteiger partial charge in [0.05, 0.1) is 23.0 Å². The average Bonchev–Trinajstić information content (AvgIpc) is 3.17. The first-order chi connectivity index (χ1) is 18.9. The third kappa shape index (κ3) is 7.37. The predicted molar refractivity (Wildman–Crippen MR) is 147 cm³/mol. The Bertz CT molecular complexity index is 1270. The van der Waals surface area contributed by atoms with Crippen molar-refractivity contribution >= 4 is 53.5 Å². The van der Waals surface area contributed by atoms with E-state index in [0.717, 1.165) is 6.29 Å². The standard InChI is InChI=1S/C28H28N2O7S2/c31-18-19-5-9-21(10-6-19)38-24-25(28(36)30(27(24)35)13-3-1-2-4-23(32)33)39-22-11-7-20(8-12-22)26(34)29-14-16-37-17-15-29/h5-12,18H,1-4,13-17H2,(H,32,33). The highest BCUT2D eigenvalue weighted by atomic mass is 32.2. The van der Waals surface area contributed by atoms with E-state index in [0.29, 0.717) is 76.3 Å². The largest absolute Gasteiger partial charge is 0.481 e. The van der Waals surface area contributed by atoms with Gasteiger partial charge in [0.2, 0.25) is 0 Å². The molecule has 11 heteroatoms. The van der Waals surface area contributed by atoms with Gasteiger partial charge in [0.25, 0.3) is 17.7 Å². The first-order valence-electron chi connectivity index (χ1n) is 12.6. The number of carbonyl (C=O) groups is 5. The lowest BCUT2D eigenvalue weighted by Gasteiger charge is -2.26. The van der Waals surface area contributed by atoms with Gasteiger partial charge in [-0.2, -0.15) is 0 Å². The summed E-state index contributed by atoms with van der Waals surface area (Å²) < 4.78 is 5.31. The van der Waals surface area contributed by atoms with Crippen molar-refractivity contribution in [3.05, 3.63) is 69.5 Å². The highest BCUT2D eigenvalue weighted by molar-refractivity contribution is 8.08. The molecule has 0 bridgehead atoms. The number of thioether (sulfide) groups is 2. The average molecular weight is 569 g/mol. The predicted octanol–water partition coefficient (Wildman–Crippen LogP) is 4.08. The molecule has 2 heterocycles. The Hall–Kier alpha value is -3.41. The van der Waals surface area contributed by atoms with Crippen LogP contribution >= 0.6 is 23.5 Å². The van der Waals surface area contributed by atoms with Crippen LogP contribution in [0.2, 0.25) is 0 Å². The zero-order valence-electron chi connectivity index (χ0n) is 21.2. The van der Waals surface area contributed by atoms with Crippen LogP contribution in [0.25, 0.3) is 0 Å². The molecule has 39 heavy (non-hydrogen) atoms.